The number of halogens is 3. The Morgan fingerprint density at radius 2 is 1.30 bits per heavy atom. The van der Waals surface area contributed by atoms with E-state index in [2.05, 4.69) is 41.0 Å². The van der Waals surface area contributed by atoms with Crippen molar-refractivity contribution in [3.05, 3.63) is 105 Å². The summed E-state index contributed by atoms with van der Waals surface area (Å²) in [6, 6.07) is 21.1. The fraction of sp³-hybridized carbons (Fsp3) is 0.280. The first-order valence-corrected chi connectivity index (χ1v) is 11.0. The quantitative estimate of drug-likeness (QED) is 0.426. The van der Waals surface area contributed by atoms with E-state index in [9.17, 15) is 4.39 Å². The lowest BCUT2D eigenvalue weighted by molar-refractivity contribution is -0.00898. The van der Waals surface area contributed by atoms with E-state index in [0.29, 0.717) is 16.6 Å². The predicted molar refractivity (Wildman–Crippen MR) is 122 cm³/mol. The van der Waals surface area contributed by atoms with Crippen LogP contribution in [-0.2, 0) is 13.1 Å². The van der Waals surface area contributed by atoms with Gasteiger partial charge in [-0.2, -0.15) is 0 Å². The van der Waals surface area contributed by atoms with Crippen molar-refractivity contribution >= 4 is 23.2 Å². The summed E-state index contributed by atoms with van der Waals surface area (Å²) in [5.41, 5.74) is 4.52. The van der Waals surface area contributed by atoms with Crippen molar-refractivity contribution < 1.29 is 4.39 Å². The third-order valence-corrected chi connectivity index (χ3v) is 6.30. The molecule has 5 heteroatoms. The average Bonchev–Trinajstić information content (AvgIpc) is 2.73. The van der Waals surface area contributed by atoms with Gasteiger partial charge in [-0.25, -0.2) is 4.39 Å². The Kier molecular flexibility index (Phi) is 6.74. The van der Waals surface area contributed by atoms with E-state index in [1.165, 1.54) is 23.3 Å². The van der Waals surface area contributed by atoms with Crippen molar-refractivity contribution in [3.63, 3.8) is 0 Å². The van der Waals surface area contributed by atoms with Gasteiger partial charge in [0.15, 0.2) is 0 Å². The summed E-state index contributed by atoms with van der Waals surface area (Å²) in [6.07, 6.45) is 0.998. The Morgan fingerprint density at radius 1 is 0.800 bits per heavy atom. The van der Waals surface area contributed by atoms with Crippen LogP contribution in [0.1, 0.15) is 34.8 Å². The summed E-state index contributed by atoms with van der Waals surface area (Å²) in [5, 5.41) is 1.35. The van der Waals surface area contributed by atoms with Crippen molar-refractivity contribution in [2.75, 3.05) is 13.1 Å². The molecule has 1 heterocycles. The third kappa shape index (κ3) is 4.87. The number of hydrogen-bond acceptors (Lipinski definition) is 2. The van der Waals surface area contributed by atoms with E-state index in [1.807, 2.05) is 30.3 Å². The highest BCUT2D eigenvalue weighted by Crippen LogP contribution is 2.39. The standard InChI is InChI=1S/C25H25Cl2FN2/c1-18-6-8-19(9-7-18)16-29-14-3-15-30(17-20-10-12-21(28)13-11-20)25(29)24-22(26)4-2-5-23(24)27/h2,4-13,25H,3,14-17H2,1H3. The maximum Gasteiger partial charge on any atom is 0.123 e. The molecule has 4 rings (SSSR count). The zero-order chi connectivity index (χ0) is 21.1. The van der Waals surface area contributed by atoms with E-state index >= 15 is 0 Å². The van der Waals surface area contributed by atoms with Crippen molar-refractivity contribution in [1.29, 1.82) is 0 Å². The third-order valence-electron chi connectivity index (χ3n) is 5.65. The van der Waals surface area contributed by atoms with Crippen LogP contribution in [0.3, 0.4) is 0 Å². The van der Waals surface area contributed by atoms with Gasteiger partial charge in [-0.1, -0.05) is 71.2 Å². The summed E-state index contributed by atoms with van der Waals surface area (Å²) in [4.78, 5) is 4.82. The average molecular weight is 443 g/mol. The lowest BCUT2D eigenvalue weighted by Crippen LogP contribution is -2.47. The van der Waals surface area contributed by atoms with Crippen LogP contribution in [0.5, 0.6) is 0 Å². The number of benzene rings is 3. The molecule has 3 aromatic rings. The minimum absolute atomic E-state index is 0.0497. The van der Waals surface area contributed by atoms with Gasteiger partial charge in [-0.05, 0) is 48.7 Å². The van der Waals surface area contributed by atoms with Crippen LogP contribution in [0, 0.1) is 12.7 Å². The molecule has 0 radical (unpaired) electrons. The minimum atomic E-state index is -0.218. The smallest absolute Gasteiger partial charge is 0.123 e. The molecule has 2 nitrogen and oxygen atoms in total. The normalized spacial score (nSPS) is 17.9. The molecule has 30 heavy (non-hydrogen) atoms. The SMILES string of the molecule is Cc1ccc(CN2CCCN(Cc3ccc(F)cc3)C2c2c(Cl)cccc2Cl)cc1. The lowest BCUT2D eigenvalue weighted by atomic mass is 10.0. The molecule has 3 aromatic carbocycles. The van der Waals surface area contributed by atoms with Gasteiger partial charge in [0.1, 0.15) is 5.82 Å². The Morgan fingerprint density at radius 3 is 1.83 bits per heavy atom. The molecule has 0 aromatic heterocycles. The molecule has 156 valence electrons. The van der Waals surface area contributed by atoms with Crippen LogP contribution in [-0.4, -0.2) is 22.9 Å². The van der Waals surface area contributed by atoms with Gasteiger partial charge in [0.2, 0.25) is 0 Å². The van der Waals surface area contributed by atoms with Crippen LogP contribution >= 0.6 is 23.2 Å². The monoisotopic (exact) mass is 442 g/mol. The molecular formula is C25H25Cl2FN2. The minimum Gasteiger partial charge on any atom is -0.280 e. The fourth-order valence-corrected chi connectivity index (χ4v) is 4.75. The molecule has 0 aliphatic carbocycles. The highest BCUT2D eigenvalue weighted by atomic mass is 35.5. The van der Waals surface area contributed by atoms with Crippen molar-refractivity contribution in [2.24, 2.45) is 0 Å². The number of rotatable bonds is 5. The van der Waals surface area contributed by atoms with Gasteiger partial charge in [-0.15, -0.1) is 0 Å². The first-order valence-electron chi connectivity index (χ1n) is 10.2. The summed E-state index contributed by atoms with van der Waals surface area (Å²) in [7, 11) is 0. The molecule has 1 saturated heterocycles. The Hall–Kier alpha value is -1.91. The van der Waals surface area contributed by atoms with Crippen LogP contribution in [0.4, 0.5) is 4.39 Å². The van der Waals surface area contributed by atoms with Crippen molar-refractivity contribution in [2.45, 2.75) is 32.6 Å². The lowest BCUT2D eigenvalue weighted by Gasteiger charge is -2.45. The second-order valence-electron chi connectivity index (χ2n) is 7.92. The highest BCUT2D eigenvalue weighted by molar-refractivity contribution is 6.36. The molecule has 1 atom stereocenters. The second-order valence-corrected chi connectivity index (χ2v) is 8.73. The van der Waals surface area contributed by atoms with Crippen LogP contribution in [0.15, 0.2) is 66.7 Å². The van der Waals surface area contributed by atoms with Gasteiger partial charge in [0, 0.05) is 41.8 Å². The molecule has 0 N–H and O–H groups in total. The second kappa shape index (κ2) is 9.49. The molecule has 1 aliphatic heterocycles. The highest BCUT2D eigenvalue weighted by Gasteiger charge is 2.33. The summed E-state index contributed by atoms with van der Waals surface area (Å²) in [5.74, 6) is -0.218. The summed E-state index contributed by atoms with van der Waals surface area (Å²) >= 11 is 13.3. The predicted octanol–water partition coefficient (Wildman–Crippen LogP) is 6.85. The maximum atomic E-state index is 13.4. The van der Waals surface area contributed by atoms with E-state index in [0.717, 1.165) is 37.2 Å². The number of aryl methyl sites for hydroxylation is 1. The topological polar surface area (TPSA) is 6.48 Å². The number of nitrogens with zero attached hydrogens (tertiary/aromatic N) is 2. The van der Waals surface area contributed by atoms with Crippen LogP contribution < -0.4 is 0 Å². The van der Waals surface area contributed by atoms with Crippen molar-refractivity contribution in [3.8, 4) is 0 Å². The van der Waals surface area contributed by atoms with E-state index in [-0.39, 0.29) is 12.0 Å². The zero-order valence-electron chi connectivity index (χ0n) is 17.0. The van der Waals surface area contributed by atoms with Crippen LogP contribution in [0.2, 0.25) is 10.0 Å². The molecule has 0 saturated carbocycles. The van der Waals surface area contributed by atoms with Gasteiger partial charge in [0.25, 0.3) is 0 Å². The first kappa shape index (κ1) is 21.3. The van der Waals surface area contributed by atoms with Gasteiger partial charge < -0.3 is 0 Å². The first-order chi connectivity index (χ1) is 14.5. The van der Waals surface area contributed by atoms with Gasteiger partial charge in [-0.3, -0.25) is 9.80 Å². The molecule has 0 spiro atoms. The molecule has 0 amide bonds. The number of hydrogen-bond donors (Lipinski definition) is 0. The van der Waals surface area contributed by atoms with E-state index in [4.69, 9.17) is 23.2 Å². The summed E-state index contributed by atoms with van der Waals surface area (Å²) < 4.78 is 13.4. The van der Waals surface area contributed by atoms with Crippen molar-refractivity contribution in [1.82, 2.24) is 9.80 Å². The largest absolute Gasteiger partial charge is 0.280 e. The molecular weight excluding hydrogens is 418 g/mol. The van der Waals surface area contributed by atoms with Gasteiger partial charge in [0.05, 0.1) is 6.17 Å². The van der Waals surface area contributed by atoms with E-state index < -0.39 is 0 Å². The fourth-order valence-electron chi connectivity index (χ4n) is 4.16. The maximum absolute atomic E-state index is 13.4. The molecule has 1 aliphatic rings. The Labute approximate surface area is 187 Å². The Bertz CT molecular complexity index is 913. The molecule has 0 bridgehead atoms. The summed E-state index contributed by atoms with van der Waals surface area (Å²) in [6.45, 7) is 5.50. The molecule has 1 fully saturated rings. The van der Waals surface area contributed by atoms with E-state index in [1.54, 1.807) is 0 Å². The Balaban J connectivity index is 1.69. The zero-order valence-corrected chi connectivity index (χ0v) is 18.5. The van der Waals surface area contributed by atoms with Crippen LogP contribution in [0.25, 0.3) is 0 Å². The van der Waals surface area contributed by atoms with Gasteiger partial charge >= 0.3 is 0 Å². The molecule has 1 unspecified atom stereocenters.